The van der Waals surface area contributed by atoms with Crippen LogP contribution in [0.2, 0.25) is 0 Å². The normalized spacial score (nSPS) is 19.2. The van der Waals surface area contributed by atoms with Gasteiger partial charge >= 0.3 is 0 Å². The van der Waals surface area contributed by atoms with Crippen molar-refractivity contribution < 1.29 is 23.1 Å². The number of nitrogens with two attached hydrogens (primary N) is 1. The first-order chi connectivity index (χ1) is 19.8. The Kier molecular flexibility index (Phi) is 9.80. The topological polar surface area (TPSA) is 87.6 Å². The van der Waals surface area contributed by atoms with E-state index in [2.05, 4.69) is 0 Å². The van der Waals surface area contributed by atoms with Gasteiger partial charge in [-0.3, -0.25) is 9.69 Å². The quantitative estimate of drug-likeness (QED) is 0.360. The summed E-state index contributed by atoms with van der Waals surface area (Å²) in [5, 5.41) is 10.5. The first kappa shape index (κ1) is 31.7. The van der Waals surface area contributed by atoms with Gasteiger partial charge in [0.25, 0.3) is 5.91 Å². The Balaban J connectivity index is 1.86. The molecule has 10 heteroatoms. The predicted molar refractivity (Wildman–Crippen MR) is 157 cm³/mol. The van der Waals surface area contributed by atoms with Crippen LogP contribution in [-0.4, -0.2) is 75.4 Å². The van der Waals surface area contributed by atoms with Gasteiger partial charge in [-0.15, -0.1) is 0 Å². The molecule has 4 rings (SSSR count). The van der Waals surface area contributed by atoms with Crippen molar-refractivity contribution in [2.75, 3.05) is 32.7 Å². The van der Waals surface area contributed by atoms with Gasteiger partial charge in [0, 0.05) is 56.9 Å². The molecule has 7 nitrogen and oxygen atoms in total. The van der Waals surface area contributed by atoms with E-state index in [9.17, 15) is 14.3 Å². The van der Waals surface area contributed by atoms with Crippen LogP contribution in [0.4, 0.5) is 13.2 Å². The molecular weight excluding hydrogens is 543 g/mol. The molecule has 1 amide bonds. The van der Waals surface area contributed by atoms with Gasteiger partial charge in [0.2, 0.25) is 0 Å². The van der Waals surface area contributed by atoms with Gasteiger partial charge in [0.1, 0.15) is 29.7 Å². The number of aliphatic hydroxyl groups is 1. The van der Waals surface area contributed by atoms with Gasteiger partial charge in [-0.2, -0.15) is 0 Å². The number of rotatable bonds is 10. The molecule has 3 N–H and O–H groups in total. The Hall–Kier alpha value is -3.21. The molecule has 0 spiro atoms. The summed E-state index contributed by atoms with van der Waals surface area (Å²) in [5.74, 6) is -1.45. The zero-order valence-corrected chi connectivity index (χ0v) is 25.0. The second-order valence-electron chi connectivity index (χ2n) is 12.5. The summed E-state index contributed by atoms with van der Waals surface area (Å²) in [5.41, 5.74) is 7.23. The lowest BCUT2D eigenvalue weighted by atomic mass is 9.84. The third-order valence-electron chi connectivity index (χ3n) is 7.78. The number of halogens is 3. The van der Waals surface area contributed by atoms with E-state index in [0.717, 1.165) is 5.56 Å². The van der Waals surface area contributed by atoms with Crippen LogP contribution >= 0.6 is 0 Å². The van der Waals surface area contributed by atoms with E-state index in [1.165, 1.54) is 30.0 Å². The standard InChI is InChI=1S/C32H42F3N5O2/c1-20-9-10-26(34)25(13-20)28-19-39(15-22-7-6-8-24(33)14-22)30(37-28)29(32(3,4)5)40(31(42)21(2)41)17-23-16-38(12-11-36)18-27(23)35/h6-10,13-14,19,21,23,27,29,41H,11-12,15-18,36H2,1-5H3/t21-,23-,27-,29-/m0/s1. The summed E-state index contributed by atoms with van der Waals surface area (Å²) in [6.07, 6.45) is -0.807. The van der Waals surface area contributed by atoms with Crippen LogP contribution in [0.1, 0.15) is 50.7 Å². The lowest BCUT2D eigenvalue weighted by molar-refractivity contribution is -0.146. The fourth-order valence-corrected chi connectivity index (χ4v) is 5.84. The van der Waals surface area contributed by atoms with Crippen molar-refractivity contribution in [1.82, 2.24) is 19.4 Å². The van der Waals surface area contributed by atoms with Crippen LogP contribution in [0, 0.1) is 29.9 Å². The van der Waals surface area contributed by atoms with Gasteiger partial charge in [0.15, 0.2) is 0 Å². The average molecular weight is 586 g/mol. The van der Waals surface area contributed by atoms with Crippen molar-refractivity contribution in [1.29, 1.82) is 0 Å². The second kappa shape index (κ2) is 13.0. The van der Waals surface area contributed by atoms with Crippen LogP contribution in [-0.2, 0) is 11.3 Å². The Morgan fingerprint density at radius 3 is 2.57 bits per heavy atom. The van der Waals surface area contributed by atoms with Gasteiger partial charge in [-0.1, -0.05) is 44.5 Å². The Morgan fingerprint density at radius 2 is 1.93 bits per heavy atom. The zero-order valence-electron chi connectivity index (χ0n) is 25.0. The molecule has 0 saturated carbocycles. The molecule has 1 fully saturated rings. The van der Waals surface area contributed by atoms with E-state index in [1.807, 2.05) is 32.6 Å². The number of aryl methyl sites for hydroxylation is 1. The smallest absolute Gasteiger partial charge is 0.251 e. The Labute approximate surface area is 246 Å². The molecule has 1 aliphatic heterocycles. The first-order valence-corrected chi connectivity index (χ1v) is 14.4. The predicted octanol–water partition coefficient (Wildman–Crippen LogP) is 4.71. The summed E-state index contributed by atoms with van der Waals surface area (Å²) in [6, 6.07) is 10.2. The number of imidazole rings is 1. The summed E-state index contributed by atoms with van der Waals surface area (Å²) in [4.78, 5) is 22.0. The number of carbonyl (C=O) groups excluding carboxylic acids is 1. The number of hydrogen-bond acceptors (Lipinski definition) is 5. The molecule has 0 radical (unpaired) electrons. The summed E-state index contributed by atoms with van der Waals surface area (Å²) >= 11 is 0. The maximum Gasteiger partial charge on any atom is 0.251 e. The van der Waals surface area contributed by atoms with Crippen molar-refractivity contribution in [3.8, 4) is 11.3 Å². The number of benzene rings is 2. The third kappa shape index (κ3) is 7.22. The lowest BCUT2D eigenvalue weighted by Crippen LogP contribution is -2.49. The minimum Gasteiger partial charge on any atom is -0.384 e. The Bertz CT molecular complexity index is 1390. The van der Waals surface area contributed by atoms with E-state index in [-0.39, 0.29) is 19.6 Å². The van der Waals surface area contributed by atoms with Crippen molar-refractivity contribution in [3.05, 3.63) is 77.2 Å². The fraction of sp³-hybridized carbons (Fsp3) is 0.500. The highest BCUT2D eigenvalue weighted by atomic mass is 19.1. The molecule has 1 aromatic heterocycles. The van der Waals surface area contributed by atoms with E-state index < -0.39 is 47.2 Å². The molecule has 3 aromatic rings. The summed E-state index contributed by atoms with van der Waals surface area (Å²) in [7, 11) is 0. The van der Waals surface area contributed by atoms with Gasteiger partial charge in [-0.25, -0.2) is 18.2 Å². The molecular formula is C32H42F3N5O2. The molecule has 4 atom stereocenters. The molecule has 2 heterocycles. The highest BCUT2D eigenvalue weighted by Crippen LogP contribution is 2.41. The number of nitrogens with zero attached hydrogens (tertiary/aromatic N) is 4. The molecule has 1 saturated heterocycles. The fourth-order valence-electron chi connectivity index (χ4n) is 5.84. The minimum absolute atomic E-state index is 0.0505. The van der Waals surface area contributed by atoms with Crippen molar-refractivity contribution >= 4 is 5.91 Å². The molecule has 0 unspecified atom stereocenters. The Morgan fingerprint density at radius 1 is 1.19 bits per heavy atom. The van der Waals surface area contributed by atoms with Gasteiger partial charge in [0.05, 0.1) is 11.7 Å². The number of aliphatic hydroxyl groups excluding tert-OH is 1. The monoisotopic (exact) mass is 585 g/mol. The van der Waals surface area contributed by atoms with Gasteiger partial charge < -0.3 is 20.3 Å². The number of alkyl halides is 1. The van der Waals surface area contributed by atoms with Crippen LogP contribution < -0.4 is 5.73 Å². The van der Waals surface area contributed by atoms with E-state index in [1.54, 1.807) is 35.0 Å². The summed E-state index contributed by atoms with van der Waals surface area (Å²) < 4.78 is 46.3. The van der Waals surface area contributed by atoms with Crippen LogP contribution in [0.3, 0.4) is 0 Å². The molecule has 0 aliphatic carbocycles. The number of carbonyl (C=O) groups is 1. The van der Waals surface area contributed by atoms with E-state index in [4.69, 9.17) is 10.7 Å². The molecule has 228 valence electrons. The number of likely N-dealkylation sites (tertiary alicyclic amines) is 1. The maximum absolute atomic E-state index is 15.3. The van der Waals surface area contributed by atoms with Crippen LogP contribution in [0.5, 0.6) is 0 Å². The largest absolute Gasteiger partial charge is 0.384 e. The van der Waals surface area contributed by atoms with Crippen molar-refractivity contribution in [2.45, 2.75) is 59.5 Å². The highest BCUT2D eigenvalue weighted by Gasteiger charge is 2.43. The highest BCUT2D eigenvalue weighted by molar-refractivity contribution is 5.80. The third-order valence-corrected chi connectivity index (χ3v) is 7.78. The molecule has 2 aromatic carbocycles. The molecule has 0 bridgehead atoms. The van der Waals surface area contributed by atoms with Crippen LogP contribution in [0.25, 0.3) is 11.3 Å². The molecule has 42 heavy (non-hydrogen) atoms. The minimum atomic E-state index is -1.34. The first-order valence-electron chi connectivity index (χ1n) is 14.4. The number of aromatic nitrogens is 2. The number of amides is 1. The van der Waals surface area contributed by atoms with E-state index in [0.29, 0.717) is 42.3 Å². The lowest BCUT2D eigenvalue weighted by Gasteiger charge is -2.41. The zero-order chi connectivity index (χ0) is 30.8. The number of hydrogen-bond donors (Lipinski definition) is 2. The van der Waals surface area contributed by atoms with Crippen LogP contribution in [0.15, 0.2) is 48.7 Å². The van der Waals surface area contributed by atoms with Gasteiger partial charge in [-0.05, 0) is 49.1 Å². The molecule has 1 aliphatic rings. The SMILES string of the molecule is Cc1ccc(F)c(-c2cn(Cc3cccc(F)c3)c([C@H](N(C[C@@H]3CN(CCN)C[C@@H]3F)C(=O)[C@H](C)O)C(C)(C)C)n2)c1. The summed E-state index contributed by atoms with van der Waals surface area (Å²) in [6.45, 7) is 10.9. The maximum atomic E-state index is 15.3. The van der Waals surface area contributed by atoms with Crippen molar-refractivity contribution in [2.24, 2.45) is 17.1 Å². The van der Waals surface area contributed by atoms with E-state index >= 15 is 8.78 Å². The van der Waals surface area contributed by atoms with Crippen molar-refractivity contribution in [3.63, 3.8) is 0 Å². The second-order valence-corrected chi connectivity index (χ2v) is 12.5. The average Bonchev–Trinajstić information content (AvgIpc) is 3.46.